The highest BCUT2D eigenvalue weighted by Gasteiger charge is 2.25. The van der Waals surface area contributed by atoms with E-state index in [1.54, 1.807) is 12.3 Å². The summed E-state index contributed by atoms with van der Waals surface area (Å²) in [5, 5.41) is 0.164. The molecule has 18 heavy (non-hydrogen) atoms. The maximum Gasteiger partial charge on any atom is 0.228 e. The van der Waals surface area contributed by atoms with Gasteiger partial charge in [-0.05, 0) is 26.2 Å². The van der Waals surface area contributed by atoms with Gasteiger partial charge in [0.15, 0.2) is 0 Å². The van der Waals surface area contributed by atoms with Gasteiger partial charge in [0.1, 0.15) is 0 Å². The van der Waals surface area contributed by atoms with Crippen molar-refractivity contribution in [2.45, 2.75) is 38.7 Å². The van der Waals surface area contributed by atoms with Gasteiger partial charge in [-0.15, -0.1) is 11.6 Å². The summed E-state index contributed by atoms with van der Waals surface area (Å²) in [7, 11) is 0. The summed E-state index contributed by atoms with van der Waals surface area (Å²) in [4.78, 5) is 10.9. The van der Waals surface area contributed by atoms with E-state index < -0.39 is 0 Å². The zero-order valence-corrected chi connectivity index (χ0v) is 11.9. The summed E-state index contributed by atoms with van der Waals surface area (Å²) < 4.78 is 5.58. The van der Waals surface area contributed by atoms with Gasteiger partial charge in [0.05, 0.1) is 11.5 Å². The van der Waals surface area contributed by atoms with Crippen LogP contribution in [0.4, 0.5) is 5.95 Å². The van der Waals surface area contributed by atoms with Crippen LogP contribution in [0.5, 0.6) is 5.88 Å². The molecule has 0 bridgehead atoms. The predicted molar refractivity (Wildman–Crippen MR) is 73.4 cm³/mol. The Bertz CT molecular complexity index is 400. The lowest BCUT2D eigenvalue weighted by Crippen LogP contribution is -2.41. The van der Waals surface area contributed by atoms with Crippen LogP contribution in [0, 0.1) is 5.92 Å². The van der Waals surface area contributed by atoms with Crippen molar-refractivity contribution < 1.29 is 4.74 Å². The molecule has 0 amide bonds. The van der Waals surface area contributed by atoms with Crippen LogP contribution in [-0.4, -0.2) is 34.5 Å². The summed E-state index contributed by atoms with van der Waals surface area (Å²) in [6.07, 6.45) is 2.93. The van der Waals surface area contributed by atoms with Crippen LogP contribution in [0.15, 0.2) is 12.3 Å². The number of rotatable bonds is 3. The van der Waals surface area contributed by atoms with Crippen molar-refractivity contribution in [2.75, 3.05) is 18.0 Å². The molecule has 2 unspecified atom stereocenters. The maximum atomic E-state index is 6.31. The Labute approximate surface area is 113 Å². The molecule has 1 fully saturated rings. The van der Waals surface area contributed by atoms with Gasteiger partial charge in [-0.25, -0.2) is 4.98 Å². The van der Waals surface area contributed by atoms with Gasteiger partial charge in [0.2, 0.25) is 11.8 Å². The molecule has 5 heteroatoms. The van der Waals surface area contributed by atoms with Gasteiger partial charge in [0.25, 0.3) is 0 Å². The minimum absolute atomic E-state index is 0.120. The fourth-order valence-electron chi connectivity index (χ4n) is 2.00. The molecule has 0 radical (unpaired) electrons. The topological polar surface area (TPSA) is 38.2 Å². The second kappa shape index (κ2) is 5.74. The lowest BCUT2D eigenvalue weighted by molar-refractivity contribution is 0.232. The van der Waals surface area contributed by atoms with Gasteiger partial charge in [0, 0.05) is 25.4 Å². The van der Waals surface area contributed by atoms with Crippen LogP contribution >= 0.6 is 11.6 Å². The van der Waals surface area contributed by atoms with E-state index in [1.807, 2.05) is 13.8 Å². The summed E-state index contributed by atoms with van der Waals surface area (Å²) in [5.41, 5.74) is 0. The highest BCUT2D eigenvalue weighted by atomic mass is 35.5. The van der Waals surface area contributed by atoms with E-state index in [0.717, 1.165) is 19.5 Å². The summed E-state index contributed by atoms with van der Waals surface area (Å²) in [6, 6.07) is 1.79. The number of ether oxygens (including phenoxy) is 1. The van der Waals surface area contributed by atoms with E-state index in [-0.39, 0.29) is 11.5 Å². The molecule has 0 aromatic carbocycles. The summed E-state index contributed by atoms with van der Waals surface area (Å²) >= 11 is 6.31. The molecule has 2 rings (SSSR count). The molecule has 1 saturated heterocycles. The standard InChI is InChI=1S/C13H20ClN3O/c1-9(2)18-12-4-6-15-13(16-12)17-7-5-10(3)11(14)8-17/h4,6,9-11H,5,7-8H2,1-3H3. The first-order valence-electron chi connectivity index (χ1n) is 6.45. The smallest absolute Gasteiger partial charge is 0.228 e. The number of halogens is 1. The van der Waals surface area contributed by atoms with Gasteiger partial charge in [-0.3, -0.25) is 0 Å². The van der Waals surface area contributed by atoms with Gasteiger partial charge in [-0.1, -0.05) is 6.92 Å². The van der Waals surface area contributed by atoms with Crippen molar-refractivity contribution in [3.63, 3.8) is 0 Å². The van der Waals surface area contributed by atoms with E-state index in [4.69, 9.17) is 16.3 Å². The van der Waals surface area contributed by atoms with Crippen LogP contribution < -0.4 is 9.64 Å². The third-order valence-electron chi connectivity index (χ3n) is 3.12. The Hall–Kier alpha value is -1.03. The number of nitrogens with zero attached hydrogens (tertiary/aromatic N) is 3. The van der Waals surface area contributed by atoms with Gasteiger partial charge in [-0.2, -0.15) is 4.98 Å². The molecule has 4 nitrogen and oxygen atoms in total. The zero-order valence-electron chi connectivity index (χ0n) is 11.1. The number of hydrogen-bond donors (Lipinski definition) is 0. The number of aromatic nitrogens is 2. The molecular formula is C13H20ClN3O. The Morgan fingerprint density at radius 2 is 2.28 bits per heavy atom. The molecule has 1 aliphatic heterocycles. The Morgan fingerprint density at radius 1 is 1.50 bits per heavy atom. The van der Waals surface area contributed by atoms with Crippen LogP contribution in [0.3, 0.4) is 0 Å². The number of alkyl halides is 1. The van der Waals surface area contributed by atoms with Crippen molar-refractivity contribution >= 4 is 17.5 Å². The summed E-state index contributed by atoms with van der Waals surface area (Å²) in [5.74, 6) is 1.89. The van der Waals surface area contributed by atoms with E-state index in [9.17, 15) is 0 Å². The average Bonchev–Trinajstić information content (AvgIpc) is 2.32. The van der Waals surface area contributed by atoms with E-state index >= 15 is 0 Å². The molecule has 100 valence electrons. The first-order chi connectivity index (χ1) is 8.56. The monoisotopic (exact) mass is 269 g/mol. The maximum absolute atomic E-state index is 6.31. The van der Waals surface area contributed by atoms with Crippen LogP contribution in [-0.2, 0) is 0 Å². The summed E-state index contributed by atoms with van der Waals surface area (Å²) in [6.45, 7) is 7.91. The molecule has 0 aliphatic carbocycles. The molecule has 1 aromatic rings. The SMILES string of the molecule is CC(C)Oc1ccnc(N2CCC(C)C(Cl)C2)n1. The van der Waals surface area contributed by atoms with Gasteiger partial charge < -0.3 is 9.64 Å². The molecule has 0 saturated carbocycles. The molecule has 2 heterocycles. The molecule has 2 atom stereocenters. The molecule has 1 aliphatic rings. The third-order valence-corrected chi connectivity index (χ3v) is 3.69. The first kappa shape index (κ1) is 13.4. The molecular weight excluding hydrogens is 250 g/mol. The van der Waals surface area contributed by atoms with Crippen molar-refractivity contribution in [3.8, 4) is 5.88 Å². The highest BCUT2D eigenvalue weighted by Crippen LogP contribution is 2.25. The Morgan fingerprint density at radius 3 is 2.94 bits per heavy atom. The Kier molecular flexibility index (Phi) is 4.27. The van der Waals surface area contributed by atoms with E-state index in [0.29, 0.717) is 17.7 Å². The lowest BCUT2D eigenvalue weighted by atomic mass is 9.99. The fraction of sp³-hybridized carbons (Fsp3) is 0.692. The zero-order chi connectivity index (χ0) is 13.1. The van der Waals surface area contributed by atoms with Crippen LogP contribution in [0.1, 0.15) is 27.2 Å². The average molecular weight is 270 g/mol. The normalized spacial score (nSPS) is 24.4. The van der Waals surface area contributed by atoms with Gasteiger partial charge >= 0.3 is 0 Å². The van der Waals surface area contributed by atoms with Crippen molar-refractivity contribution in [1.82, 2.24) is 9.97 Å². The molecule has 0 N–H and O–H groups in total. The predicted octanol–water partition coefficient (Wildman–Crippen LogP) is 2.72. The minimum atomic E-state index is 0.120. The fourth-order valence-corrected chi connectivity index (χ4v) is 2.29. The van der Waals surface area contributed by atoms with E-state index in [1.165, 1.54) is 0 Å². The quantitative estimate of drug-likeness (QED) is 0.791. The van der Waals surface area contributed by atoms with Crippen molar-refractivity contribution in [1.29, 1.82) is 0 Å². The second-order valence-corrected chi connectivity index (χ2v) is 5.65. The largest absolute Gasteiger partial charge is 0.475 e. The highest BCUT2D eigenvalue weighted by molar-refractivity contribution is 6.21. The third kappa shape index (κ3) is 3.25. The molecule has 0 spiro atoms. The Balaban J connectivity index is 2.08. The number of piperidine rings is 1. The van der Waals surface area contributed by atoms with Crippen LogP contribution in [0.2, 0.25) is 0 Å². The van der Waals surface area contributed by atoms with E-state index in [2.05, 4.69) is 21.8 Å². The second-order valence-electron chi connectivity index (χ2n) is 5.09. The minimum Gasteiger partial charge on any atom is -0.475 e. The first-order valence-corrected chi connectivity index (χ1v) is 6.88. The van der Waals surface area contributed by atoms with Crippen molar-refractivity contribution in [2.24, 2.45) is 5.92 Å². The number of anilines is 1. The van der Waals surface area contributed by atoms with Crippen LogP contribution in [0.25, 0.3) is 0 Å². The lowest BCUT2D eigenvalue weighted by Gasteiger charge is -2.33. The molecule has 1 aromatic heterocycles. The van der Waals surface area contributed by atoms with Crippen molar-refractivity contribution in [3.05, 3.63) is 12.3 Å². The number of hydrogen-bond acceptors (Lipinski definition) is 4.